The smallest absolute Gasteiger partial charge is 0.257 e. The molecule has 1 saturated heterocycles. The highest BCUT2D eigenvalue weighted by Crippen LogP contribution is 2.28. The molecule has 2 aliphatic rings. The van der Waals surface area contributed by atoms with Gasteiger partial charge in [0.25, 0.3) is 5.91 Å². The highest BCUT2D eigenvalue weighted by atomic mass is 16.5. The second-order valence-electron chi connectivity index (χ2n) is 11.2. The van der Waals surface area contributed by atoms with Crippen LogP contribution in [0.1, 0.15) is 49.2 Å². The van der Waals surface area contributed by atoms with Crippen LogP contribution in [0, 0.1) is 6.92 Å². The van der Waals surface area contributed by atoms with E-state index < -0.39 is 0 Å². The number of carbonyl (C=O) groups excluding carboxylic acids is 2. The number of nitrogens with one attached hydrogen (secondary N) is 3. The molecule has 0 spiro atoms. The fourth-order valence-electron chi connectivity index (χ4n) is 5.39. The Kier molecular flexibility index (Phi) is 7.14. The van der Waals surface area contributed by atoms with E-state index in [2.05, 4.69) is 49.4 Å². The zero-order chi connectivity index (χ0) is 28.6. The highest BCUT2D eigenvalue weighted by Gasteiger charge is 2.32. The monoisotopic (exact) mass is 554 g/mol. The van der Waals surface area contributed by atoms with Crippen LogP contribution in [0.25, 0.3) is 28.0 Å². The number of hydrogen-bond donors (Lipinski definition) is 3. The number of H-pyrrole nitrogens is 1. The Morgan fingerprint density at radius 2 is 2.00 bits per heavy atom. The molecule has 0 radical (unpaired) electrons. The zero-order valence-corrected chi connectivity index (χ0v) is 23.5. The number of amides is 2. The molecule has 4 aromatic rings. The summed E-state index contributed by atoms with van der Waals surface area (Å²) in [6.07, 6.45) is 11.9. The standard InChI is InChI=1S/C30H34N8O3/c1-19-25(13-23(16-31-19)34-27(39)18-37-8-4-7-30(37,2)3)36-29(40)21-11-20-12-26(35-28(20)32-14-21)22-15-33-38(17-22)24-5-9-41-10-6-24/h5,11-17H,4,6-10,18H2,1-3H3,(H,32,35)(H,34,39)(H,36,40). The number of ether oxygens (including phenoxy) is 1. The first-order valence-corrected chi connectivity index (χ1v) is 13.9. The molecule has 2 aliphatic heterocycles. The van der Waals surface area contributed by atoms with E-state index in [0.717, 1.165) is 48.1 Å². The molecule has 0 saturated carbocycles. The van der Waals surface area contributed by atoms with Gasteiger partial charge in [0, 0.05) is 41.0 Å². The molecule has 0 aliphatic carbocycles. The number of carbonyl (C=O) groups is 2. The normalized spacial score (nSPS) is 17.0. The SMILES string of the molecule is Cc1ncc(NC(=O)CN2CCCC2(C)C)cc1NC(=O)c1cnc2[nH]c(-c3cnn(C4=CCOCC4)c3)cc2c1. The molecule has 11 nitrogen and oxygen atoms in total. The van der Waals surface area contributed by atoms with E-state index in [0.29, 0.717) is 48.0 Å². The summed E-state index contributed by atoms with van der Waals surface area (Å²) < 4.78 is 7.26. The Bertz CT molecular complexity index is 1650. The van der Waals surface area contributed by atoms with Crippen molar-refractivity contribution in [3.05, 3.63) is 60.3 Å². The van der Waals surface area contributed by atoms with Crippen LogP contribution in [0.3, 0.4) is 0 Å². The number of pyridine rings is 2. The Hall–Kier alpha value is -4.35. The highest BCUT2D eigenvalue weighted by molar-refractivity contribution is 6.06. The summed E-state index contributed by atoms with van der Waals surface area (Å²) >= 11 is 0. The van der Waals surface area contributed by atoms with E-state index in [1.165, 1.54) is 0 Å². The van der Waals surface area contributed by atoms with Gasteiger partial charge < -0.3 is 20.4 Å². The molecule has 6 rings (SSSR count). The molecule has 2 amide bonds. The van der Waals surface area contributed by atoms with Crippen LogP contribution in [0.2, 0.25) is 0 Å². The molecule has 3 N–H and O–H groups in total. The van der Waals surface area contributed by atoms with Gasteiger partial charge in [0.2, 0.25) is 5.91 Å². The second-order valence-corrected chi connectivity index (χ2v) is 11.2. The van der Waals surface area contributed by atoms with Crippen molar-refractivity contribution in [1.29, 1.82) is 0 Å². The first-order valence-electron chi connectivity index (χ1n) is 13.9. The fourth-order valence-corrected chi connectivity index (χ4v) is 5.39. The van der Waals surface area contributed by atoms with E-state index in [9.17, 15) is 9.59 Å². The fraction of sp³-hybridized carbons (Fsp3) is 0.367. The summed E-state index contributed by atoms with van der Waals surface area (Å²) in [7, 11) is 0. The molecule has 0 aromatic carbocycles. The maximum atomic E-state index is 13.2. The quantitative estimate of drug-likeness (QED) is 0.308. The number of aryl methyl sites for hydroxylation is 1. The van der Waals surface area contributed by atoms with Gasteiger partial charge in [-0.3, -0.25) is 19.5 Å². The number of aromatic amines is 1. The second kappa shape index (κ2) is 10.9. The predicted molar refractivity (Wildman–Crippen MR) is 157 cm³/mol. The number of rotatable bonds is 7. The van der Waals surface area contributed by atoms with Gasteiger partial charge in [0.15, 0.2) is 0 Å². The molecule has 11 heteroatoms. The molecule has 1 fully saturated rings. The first kappa shape index (κ1) is 26.9. The van der Waals surface area contributed by atoms with Crippen LogP contribution in [-0.2, 0) is 9.53 Å². The van der Waals surface area contributed by atoms with Gasteiger partial charge in [0.05, 0.1) is 60.5 Å². The Morgan fingerprint density at radius 1 is 1.12 bits per heavy atom. The van der Waals surface area contributed by atoms with Crippen LogP contribution in [0.4, 0.5) is 11.4 Å². The Morgan fingerprint density at radius 3 is 2.78 bits per heavy atom. The Balaban J connectivity index is 1.14. The molecule has 41 heavy (non-hydrogen) atoms. The van der Waals surface area contributed by atoms with Gasteiger partial charge in [-0.05, 0) is 64.4 Å². The van der Waals surface area contributed by atoms with E-state index in [4.69, 9.17) is 4.74 Å². The minimum atomic E-state index is -0.311. The topological polar surface area (TPSA) is 130 Å². The van der Waals surface area contributed by atoms with Gasteiger partial charge in [-0.15, -0.1) is 0 Å². The molecular formula is C30H34N8O3. The Labute approximate surface area is 238 Å². The lowest BCUT2D eigenvalue weighted by Crippen LogP contribution is -2.42. The van der Waals surface area contributed by atoms with Crippen molar-refractivity contribution in [2.24, 2.45) is 0 Å². The van der Waals surface area contributed by atoms with Crippen LogP contribution in [-0.4, -0.2) is 73.3 Å². The lowest BCUT2D eigenvalue weighted by atomic mass is 10.0. The molecule has 0 atom stereocenters. The number of aromatic nitrogens is 5. The van der Waals surface area contributed by atoms with Crippen molar-refractivity contribution >= 4 is 39.9 Å². The van der Waals surface area contributed by atoms with E-state index in [1.54, 1.807) is 24.5 Å². The largest absolute Gasteiger partial charge is 0.377 e. The van der Waals surface area contributed by atoms with Gasteiger partial charge in [0.1, 0.15) is 5.65 Å². The van der Waals surface area contributed by atoms with Crippen LogP contribution < -0.4 is 10.6 Å². The molecule has 212 valence electrons. The zero-order valence-electron chi connectivity index (χ0n) is 23.5. The first-order chi connectivity index (χ1) is 19.7. The number of fused-ring (bicyclic) bond motifs is 1. The predicted octanol–water partition coefficient (Wildman–Crippen LogP) is 4.46. The minimum absolute atomic E-state index is 0.0158. The summed E-state index contributed by atoms with van der Waals surface area (Å²) in [4.78, 5) is 40.3. The number of likely N-dealkylation sites (tertiary alicyclic amines) is 1. The van der Waals surface area contributed by atoms with Gasteiger partial charge in [-0.25, -0.2) is 9.67 Å². The van der Waals surface area contributed by atoms with Crippen LogP contribution in [0.15, 0.2) is 49.1 Å². The molecular weight excluding hydrogens is 520 g/mol. The molecule has 6 heterocycles. The minimum Gasteiger partial charge on any atom is -0.377 e. The maximum Gasteiger partial charge on any atom is 0.257 e. The summed E-state index contributed by atoms with van der Waals surface area (Å²) in [6, 6.07) is 5.50. The third-order valence-electron chi connectivity index (χ3n) is 7.89. The summed E-state index contributed by atoms with van der Waals surface area (Å²) in [5.74, 6) is -0.413. The number of anilines is 2. The summed E-state index contributed by atoms with van der Waals surface area (Å²) in [6.45, 7) is 8.65. The van der Waals surface area contributed by atoms with Crippen molar-refractivity contribution in [2.45, 2.75) is 45.6 Å². The lowest BCUT2D eigenvalue weighted by molar-refractivity contribution is -0.118. The van der Waals surface area contributed by atoms with Crippen molar-refractivity contribution in [3.8, 4) is 11.3 Å². The average molecular weight is 555 g/mol. The molecule has 4 aromatic heterocycles. The van der Waals surface area contributed by atoms with E-state index >= 15 is 0 Å². The number of nitrogens with zero attached hydrogens (tertiary/aromatic N) is 5. The van der Waals surface area contributed by atoms with Crippen LogP contribution in [0.5, 0.6) is 0 Å². The number of hydrogen-bond acceptors (Lipinski definition) is 7. The van der Waals surface area contributed by atoms with Gasteiger partial charge in [-0.1, -0.05) is 0 Å². The molecule has 0 unspecified atom stereocenters. The third kappa shape index (κ3) is 5.77. The van der Waals surface area contributed by atoms with Crippen LogP contribution >= 0.6 is 0 Å². The van der Waals surface area contributed by atoms with Crippen molar-refractivity contribution in [2.75, 3.05) is 36.9 Å². The summed E-state index contributed by atoms with van der Waals surface area (Å²) in [5, 5.41) is 11.2. The van der Waals surface area contributed by atoms with E-state index in [1.807, 2.05) is 36.1 Å². The third-order valence-corrected chi connectivity index (χ3v) is 7.89. The summed E-state index contributed by atoms with van der Waals surface area (Å²) in [5.41, 5.74) is 5.72. The molecule has 0 bridgehead atoms. The van der Waals surface area contributed by atoms with Crippen molar-refractivity contribution in [1.82, 2.24) is 29.6 Å². The average Bonchev–Trinajstić information content (AvgIpc) is 3.69. The lowest BCUT2D eigenvalue weighted by Gasteiger charge is -2.30. The van der Waals surface area contributed by atoms with Crippen molar-refractivity contribution in [3.63, 3.8) is 0 Å². The maximum absolute atomic E-state index is 13.2. The van der Waals surface area contributed by atoms with Gasteiger partial charge >= 0.3 is 0 Å². The van der Waals surface area contributed by atoms with E-state index in [-0.39, 0.29) is 17.4 Å². The van der Waals surface area contributed by atoms with Crippen molar-refractivity contribution < 1.29 is 14.3 Å². The van der Waals surface area contributed by atoms with Gasteiger partial charge in [-0.2, -0.15) is 5.10 Å².